The fraction of sp³-hybridized carbons (Fsp3) is 0.370. The van der Waals surface area contributed by atoms with E-state index in [1.165, 1.54) is 34.5 Å². The number of ether oxygens (including phenoxy) is 2. The van der Waals surface area contributed by atoms with Crippen LogP contribution in [-0.4, -0.2) is 34.2 Å². The molecule has 0 atom stereocenters. The van der Waals surface area contributed by atoms with Gasteiger partial charge in [0.2, 0.25) is 0 Å². The molecule has 1 aliphatic carbocycles. The van der Waals surface area contributed by atoms with E-state index in [-0.39, 0.29) is 5.91 Å². The number of nitrogens with zero attached hydrogens (tertiary/aromatic N) is 1. The number of methoxy groups -OCH3 is 2. The van der Waals surface area contributed by atoms with E-state index in [0.29, 0.717) is 23.7 Å². The topological polar surface area (TPSA) is 62.8 Å². The maximum absolute atomic E-state index is 13.6. The van der Waals surface area contributed by atoms with Gasteiger partial charge in [-0.25, -0.2) is 0 Å². The van der Waals surface area contributed by atoms with Gasteiger partial charge in [-0.2, -0.15) is 0 Å². The van der Waals surface area contributed by atoms with E-state index in [2.05, 4.69) is 39.8 Å². The minimum Gasteiger partial charge on any atom is -0.497 e. The number of anilines is 3. The third-order valence-corrected chi connectivity index (χ3v) is 7.46. The summed E-state index contributed by atoms with van der Waals surface area (Å²) in [7, 11) is 7.28. The van der Waals surface area contributed by atoms with Crippen molar-refractivity contribution in [3.63, 3.8) is 0 Å². The summed E-state index contributed by atoms with van der Waals surface area (Å²) >= 11 is 1.73. The molecule has 0 aliphatic heterocycles. The maximum atomic E-state index is 13.6. The van der Waals surface area contributed by atoms with Crippen LogP contribution in [-0.2, 0) is 19.4 Å². The highest BCUT2D eigenvalue weighted by Gasteiger charge is 2.25. The molecular weight excluding hydrogens is 446 g/mol. The van der Waals surface area contributed by atoms with Crippen LogP contribution in [0.5, 0.6) is 11.5 Å². The number of rotatable bonds is 8. The number of amides is 1. The fourth-order valence-electron chi connectivity index (χ4n) is 4.29. The largest absolute Gasteiger partial charge is 0.497 e. The van der Waals surface area contributed by atoms with Crippen molar-refractivity contribution in [2.24, 2.45) is 0 Å². The second-order valence-corrected chi connectivity index (χ2v) is 9.81. The van der Waals surface area contributed by atoms with Crippen molar-refractivity contribution < 1.29 is 14.3 Å². The lowest BCUT2D eigenvalue weighted by Gasteiger charge is -2.14. The number of carbonyl (C=O) groups excluding carboxylic acids is 1. The fourth-order valence-corrected chi connectivity index (χ4v) is 5.57. The number of aryl methyl sites for hydroxylation is 1. The standard InChI is InChI=1S/C27H33N3O3S/c1-30(2)19-12-10-18(11-13-19)17-28-27-25(21-8-6-5-7-9-24(21)34-27)26(31)29-22-15-14-20(32-3)16-23(22)33-4/h10-16,28H,5-9,17H2,1-4H3,(H,29,31). The van der Waals surface area contributed by atoms with E-state index in [0.717, 1.165) is 29.8 Å². The molecule has 1 heterocycles. The first-order valence-electron chi connectivity index (χ1n) is 11.7. The molecule has 0 unspecified atom stereocenters. The Bertz CT molecular complexity index is 1140. The van der Waals surface area contributed by atoms with Crippen molar-refractivity contribution >= 4 is 33.6 Å². The van der Waals surface area contributed by atoms with Gasteiger partial charge < -0.3 is 25.0 Å². The van der Waals surface area contributed by atoms with E-state index in [9.17, 15) is 4.79 Å². The summed E-state index contributed by atoms with van der Waals surface area (Å²) in [5, 5.41) is 7.59. The number of benzene rings is 2. The van der Waals surface area contributed by atoms with E-state index in [4.69, 9.17) is 9.47 Å². The summed E-state index contributed by atoms with van der Waals surface area (Å²) in [6, 6.07) is 13.9. The highest BCUT2D eigenvalue weighted by molar-refractivity contribution is 7.16. The number of fused-ring (bicyclic) bond motifs is 1. The summed E-state index contributed by atoms with van der Waals surface area (Å²) < 4.78 is 10.8. The molecule has 4 rings (SSSR count). The molecule has 3 aromatic rings. The number of hydrogen-bond donors (Lipinski definition) is 2. The van der Waals surface area contributed by atoms with E-state index in [1.54, 1.807) is 31.6 Å². The second-order valence-electron chi connectivity index (χ2n) is 8.70. The van der Waals surface area contributed by atoms with Crippen molar-refractivity contribution in [2.75, 3.05) is 43.8 Å². The summed E-state index contributed by atoms with van der Waals surface area (Å²) in [5.41, 5.74) is 4.94. The summed E-state index contributed by atoms with van der Waals surface area (Å²) in [5.74, 6) is 1.15. The Morgan fingerprint density at radius 3 is 2.47 bits per heavy atom. The molecule has 0 fully saturated rings. The Labute approximate surface area is 205 Å². The van der Waals surface area contributed by atoms with Gasteiger partial charge in [-0.15, -0.1) is 11.3 Å². The van der Waals surface area contributed by atoms with Gasteiger partial charge in [0.25, 0.3) is 5.91 Å². The Balaban J connectivity index is 1.60. The van der Waals surface area contributed by atoms with Gasteiger partial charge >= 0.3 is 0 Å². The molecule has 34 heavy (non-hydrogen) atoms. The van der Waals surface area contributed by atoms with Gasteiger partial charge in [-0.3, -0.25) is 4.79 Å². The molecule has 0 saturated carbocycles. The molecule has 0 spiro atoms. The summed E-state index contributed by atoms with van der Waals surface area (Å²) in [6.07, 6.45) is 5.46. The van der Waals surface area contributed by atoms with Crippen LogP contribution in [0, 0.1) is 0 Å². The molecule has 2 N–H and O–H groups in total. The van der Waals surface area contributed by atoms with Crippen molar-refractivity contribution in [1.82, 2.24) is 0 Å². The lowest BCUT2D eigenvalue weighted by molar-refractivity contribution is 0.102. The van der Waals surface area contributed by atoms with Gasteiger partial charge in [0.05, 0.1) is 25.5 Å². The molecule has 6 nitrogen and oxygen atoms in total. The maximum Gasteiger partial charge on any atom is 0.259 e. The van der Waals surface area contributed by atoms with Crippen LogP contribution in [0.15, 0.2) is 42.5 Å². The molecule has 1 amide bonds. The zero-order valence-electron chi connectivity index (χ0n) is 20.4. The van der Waals surface area contributed by atoms with Crippen molar-refractivity contribution in [1.29, 1.82) is 0 Å². The Hall–Kier alpha value is -3.19. The first-order valence-corrected chi connectivity index (χ1v) is 12.5. The van der Waals surface area contributed by atoms with Crippen molar-refractivity contribution in [3.8, 4) is 11.5 Å². The Morgan fingerprint density at radius 2 is 1.76 bits per heavy atom. The van der Waals surface area contributed by atoms with Crippen molar-refractivity contribution in [2.45, 2.75) is 38.6 Å². The Kier molecular flexibility index (Phi) is 7.63. The number of thiophene rings is 1. The van der Waals surface area contributed by atoms with Gasteiger partial charge in [0.15, 0.2) is 0 Å². The van der Waals surface area contributed by atoms with Gasteiger partial charge in [-0.1, -0.05) is 18.6 Å². The third-order valence-electron chi connectivity index (χ3n) is 6.21. The molecule has 1 aromatic heterocycles. The number of carbonyl (C=O) groups is 1. The molecule has 180 valence electrons. The normalized spacial score (nSPS) is 12.9. The molecule has 0 bridgehead atoms. The minimum absolute atomic E-state index is 0.103. The average molecular weight is 480 g/mol. The van der Waals surface area contributed by atoms with Gasteiger partial charge in [0, 0.05) is 37.3 Å². The highest BCUT2D eigenvalue weighted by atomic mass is 32.1. The van der Waals surface area contributed by atoms with Crippen molar-refractivity contribution in [3.05, 3.63) is 64.0 Å². The molecule has 1 aliphatic rings. The number of hydrogen-bond acceptors (Lipinski definition) is 6. The van der Waals surface area contributed by atoms with E-state index in [1.807, 2.05) is 26.2 Å². The second kappa shape index (κ2) is 10.8. The van der Waals surface area contributed by atoms with E-state index >= 15 is 0 Å². The van der Waals surface area contributed by atoms with Crippen LogP contribution >= 0.6 is 11.3 Å². The third kappa shape index (κ3) is 5.30. The quantitative estimate of drug-likeness (QED) is 0.390. The minimum atomic E-state index is -0.103. The molecular formula is C27H33N3O3S. The lowest BCUT2D eigenvalue weighted by Crippen LogP contribution is -2.16. The summed E-state index contributed by atoms with van der Waals surface area (Å²) in [6.45, 7) is 0.666. The monoisotopic (exact) mass is 479 g/mol. The molecule has 7 heteroatoms. The molecule has 0 saturated heterocycles. The van der Waals surface area contributed by atoms with Crippen LogP contribution in [0.25, 0.3) is 0 Å². The zero-order chi connectivity index (χ0) is 24.1. The number of nitrogens with one attached hydrogen (secondary N) is 2. The van der Waals surface area contributed by atoms with Gasteiger partial charge in [0.1, 0.15) is 16.5 Å². The van der Waals surface area contributed by atoms with Crippen LogP contribution in [0.3, 0.4) is 0 Å². The van der Waals surface area contributed by atoms with Crippen LogP contribution in [0.4, 0.5) is 16.4 Å². The van der Waals surface area contributed by atoms with Crippen LogP contribution in [0.1, 0.15) is 45.6 Å². The molecule has 0 radical (unpaired) electrons. The first-order chi connectivity index (χ1) is 16.5. The predicted octanol–water partition coefficient (Wildman–Crippen LogP) is 5.96. The lowest BCUT2D eigenvalue weighted by atomic mass is 10.0. The Morgan fingerprint density at radius 1 is 1.00 bits per heavy atom. The zero-order valence-corrected chi connectivity index (χ0v) is 21.2. The van der Waals surface area contributed by atoms with Gasteiger partial charge in [-0.05, 0) is 61.1 Å². The smallest absolute Gasteiger partial charge is 0.259 e. The van der Waals surface area contributed by atoms with E-state index < -0.39 is 0 Å². The highest BCUT2D eigenvalue weighted by Crippen LogP contribution is 2.39. The predicted molar refractivity (Wildman–Crippen MR) is 141 cm³/mol. The first kappa shape index (κ1) is 24.0. The summed E-state index contributed by atoms with van der Waals surface area (Å²) in [4.78, 5) is 17.0. The van der Waals surface area contributed by atoms with Crippen LogP contribution in [0.2, 0.25) is 0 Å². The average Bonchev–Trinajstić information content (AvgIpc) is 3.04. The van der Waals surface area contributed by atoms with Crippen LogP contribution < -0.4 is 25.0 Å². The SMILES string of the molecule is COc1ccc(NC(=O)c2c(NCc3ccc(N(C)C)cc3)sc3c2CCCCC3)c(OC)c1. The molecule has 2 aromatic carbocycles.